The van der Waals surface area contributed by atoms with Gasteiger partial charge < -0.3 is 19.7 Å². The van der Waals surface area contributed by atoms with Gasteiger partial charge in [0, 0.05) is 54.7 Å². The third-order valence-corrected chi connectivity index (χ3v) is 6.48. The van der Waals surface area contributed by atoms with Crippen LogP contribution in [0.25, 0.3) is 16.9 Å². The van der Waals surface area contributed by atoms with E-state index >= 15 is 0 Å². The number of rotatable bonds is 5. The second-order valence-electron chi connectivity index (χ2n) is 8.51. The van der Waals surface area contributed by atoms with E-state index in [1.54, 1.807) is 13.3 Å². The molecule has 0 radical (unpaired) electrons. The zero-order chi connectivity index (χ0) is 23.1. The van der Waals surface area contributed by atoms with E-state index in [0.717, 1.165) is 72.6 Å². The standard InChI is InChI=1S/C26H26N6O2/c1-17-24(18-3-4-19-15-27-16-20(19)13-18)30-25(26-28-7-8-32(17)26)29-21-5-6-22(23(14-21)33-2)31-9-11-34-12-10-31/h3-8,13-15H,9-12,16H2,1-2H3,(H,29,30). The van der Waals surface area contributed by atoms with Crippen molar-refractivity contribution in [2.75, 3.05) is 43.6 Å². The Morgan fingerprint density at radius 3 is 2.82 bits per heavy atom. The van der Waals surface area contributed by atoms with Crippen LogP contribution in [0.4, 0.5) is 17.2 Å². The Bertz CT molecular complexity index is 1400. The lowest BCUT2D eigenvalue weighted by molar-refractivity contribution is 0.122. The molecule has 34 heavy (non-hydrogen) atoms. The van der Waals surface area contributed by atoms with Crippen molar-refractivity contribution in [3.8, 4) is 17.0 Å². The monoisotopic (exact) mass is 454 g/mol. The second-order valence-corrected chi connectivity index (χ2v) is 8.51. The fraction of sp³-hybridized carbons (Fsp3) is 0.269. The number of aliphatic imine (C=N–C) groups is 1. The average molecular weight is 455 g/mol. The van der Waals surface area contributed by atoms with E-state index in [1.165, 1.54) is 11.1 Å². The van der Waals surface area contributed by atoms with Crippen molar-refractivity contribution in [1.29, 1.82) is 0 Å². The van der Waals surface area contributed by atoms with E-state index in [9.17, 15) is 0 Å². The van der Waals surface area contributed by atoms with E-state index < -0.39 is 0 Å². The highest BCUT2D eigenvalue weighted by molar-refractivity contribution is 5.86. The molecule has 2 aliphatic heterocycles. The number of ether oxygens (including phenoxy) is 2. The summed E-state index contributed by atoms with van der Waals surface area (Å²) in [7, 11) is 1.70. The molecular formula is C26H26N6O2. The third kappa shape index (κ3) is 3.56. The maximum atomic E-state index is 5.73. The molecular weight excluding hydrogens is 428 g/mol. The van der Waals surface area contributed by atoms with Gasteiger partial charge in [0.15, 0.2) is 11.5 Å². The number of nitrogens with zero attached hydrogens (tertiary/aromatic N) is 5. The van der Waals surface area contributed by atoms with E-state index in [4.69, 9.17) is 14.5 Å². The van der Waals surface area contributed by atoms with Crippen molar-refractivity contribution in [2.24, 2.45) is 4.99 Å². The normalized spacial score (nSPS) is 15.1. The number of hydrogen-bond donors (Lipinski definition) is 1. The fourth-order valence-electron chi connectivity index (χ4n) is 4.68. The van der Waals surface area contributed by atoms with Gasteiger partial charge in [0.1, 0.15) is 5.75 Å². The number of imidazole rings is 1. The van der Waals surface area contributed by atoms with Crippen molar-refractivity contribution < 1.29 is 9.47 Å². The fourth-order valence-corrected chi connectivity index (χ4v) is 4.68. The summed E-state index contributed by atoms with van der Waals surface area (Å²) in [4.78, 5) is 16.3. The quantitative estimate of drug-likeness (QED) is 0.487. The smallest absolute Gasteiger partial charge is 0.180 e. The Morgan fingerprint density at radius 1 is 1.09 bits per heavy atom. The summed E-state index contributed by atoms with van der Waals surface area (Å²) in [5, 5.41) is 3.49. The maximum Gasteiger partial charge on any atom is 0.180 e. The Kier molecular flexibility index (Phi) is 5.15. The number of anilines is 3. The Labute approximate surface area is 197 Å². The van der Waals surface area contributed by atoms with Crippen LogP contribution in [0.2, 0.25) is 0 Å². The van der Waals surface area contributed by atoms with Crippen LogP contribution in [0.1, 0.15) is 16.8 Å². The minimum atomic E-state index is 0.698. The first-order valence-electron chi connectivity index (χ1n) is 11.5. The summed E-state index contributed by atoms with van der Waals surface area (Å²) >= 11 is 0. The molecule has 2 aromatic heterocycles. The van der Waals surface area contributed by atoms with E-state index in [0.29, 0.717) is 5.82 Å². The first kappa shape index (κ1) is 20.7. The molecule has 0 bridgehead atoms. The molecule has 4 aromatic rings. The van der Waals surface area contributed by atoms with Gasteiger partial charge in [-0.15, -0.1) is 0 Å². The van der Waals surface area contributed by atoms with Gasteiger partial charge in [-0.3, -0.25) is 9.39 Å². The largest absolute Gasteiger partial charge is 0.495 e. The molecule has 0 amide bonds. The van der Waals surface area contributed by atoms with Crippen LogP contribution < -0.4 is 15.0 Å². The van der Waals surface area contributed by atoms with Gasteiger partial charge >= 0.3 is 0 Å². The zero-order valence-electron chi connectivity index (χ0n) is 19.3. The number of methoxy groups -OCH3 is 1. The van der Waals surface area contributed by atoms with Crippen molar-refractivity contribution in [2.45, 2.75) is 13.5 Å². The van der Waals surface area contributed by atoms with Gasteiger partial charge in [0.05, 0.1) is 38.2 Å². The van der Waals surface area contributed by atoms with Crippen LogP contribution in [-0.2, 0) is 11.3 Å². The highest BCUT2D eigenvalue weighted by atomic mass is 16.5. The first-order chi connectivity index (χ1) is 16.7. The molecule has 8 nitrogen and oxygen atoms in total. The number of aryl methyl sites for hydroxylation is 1. The van der Waals surface area contributed by atoms with Crippen molar-refractivity contribution >= 4 is 29.1 Å². The summed E-state index contributed by atoms with van der Waals surface area (Å²) in [5.41, 5.74) is 8.17. The topological polar surface area (TPSA) is 76.3 Å². The molecule has 8 heteroatoms. The average Bonchev–Trinajstić information content (AvgIpc) is 3.56. The first-order valence-corrected chi connectivity index (χ1v) is 11.5. The van der Waals surface area contributed by atoms with Crippen LogP contribution in [0.15, 0.2) is 53.8 Å². The molecule has 2 aliphatic rings. The molecule has 172 valence electrons. The molecule has 1 saturated heterocycles. The minimum Gasteiger partial charge on any atom is -0.495 e. The summed E-state index contributed by atoms with van der Waals surface area (Å²) in [6, 6.07) is 12.6. The van der Waals surface area contributed by atoms with Gasteiger partial charge in [-0.05, 0) is 36.2 Å². The Morgan fingerprint density at radius 2 is 1.97 bits per heavy atom. The molecule has 1 fully saturated rings. The van der Waals surface area contributed by atoms with Gasteiger partial charge in [0.25, 0.3) is 0 Å². The van der Waals surface area contributed by atoms with Crippen LogP contribution in [-0.4, -0.2) is 54.0 Å². The lowest BCUT2D eigenvalue weighted by atomic mass is 10.0. The number of nitrogens with one attached hydrogen (secondary N) is 1. The van der Waals surface area contributed by atoms with Crippen molar-refractivity contribution in [3.63, 3.8) is 0 Å². The minimum absolute atomic E-state index is 0.698. The summed E-state index contributed by atoms with van der Waals surface area (Å²) < 4.78 is 13.3. The van der Waals surface area contributed by atoms with E-state index in [1.807, 2.05) is 18.5 Å². The predicted octanol–water partition coefficient (Wildman–Crippen LogP) is 4.23. The molecule has 4 heterocycles. The van der Waals surface area contributed by atoms with Crippen LogP contribution in [0, 0.1) is 6.92 Å². The molecule has 0 atom stereocenters. The molecule has 0 unspecified atom stereocenters. The zero-order valence-corrected chi connectivity index (χ0v) is 19.3. The van der Waals surface area contributed by atoms with Crippen molar-refractivity contribution in [1.82, 2.24) is 14.4 Å². The van der Waals surface area contributed by atoms with Gasteiger partial charge in [-0.25, -0.2) is 9.97 Å². The van der Waals surface area contributed by atoms with Gasteiger partial charge in [-0.1, -0.05) is 12.1 Å². The van der Waals surface area contributed by atoms with Crippen LogP contribution in [0.5, 0.6) is 5.75 Å². The predicted molar refractivity (Wildman–Crippen MR) is 134 cm³/mol. The van der Waals surface area contributed by atoms with E-state index in [-0.39, 0.29) is 0 Å². The number of fused-ring (bicyclic) bond motifs is 2. The van der Waals surface area contributed by atoms with Gasteiger partial charge in [-0.2, -0.15) is 0 Å². The summed E-state index contributed by atoms with van der Waals surface area (Å²) in [6.45, 7) is 5.96. The molecule has 0 spiro atoms. The molecule has 0 aliphatic carbocycles. The lowest BCUT2D eigenvalue weighted by Gasteiger charge is -2.30. The van der Waals surface area contributed by atoms with Crippen molar-refractivity contribution in [3.05, 3.63) is 65.6 Å². The summed E-state index contributed by atoms with van der Waals surface area (Å²) in [5.74, 6) is 1.51. The van der Waals surface area contributed by atoms with Gasteiger partial charge in [0.2, 0.25) is 0 Å². The Hall–Kier alpha value is -3.91. The number of morpholine rings is 1. The highest BCUT2D eigenvalue weighted by Gasteiger charge is 2.18. The number of hydrogen-bond acceptors (Lipinski definition) is 7. The van der Waals surface area contributed by atoms with E-state index in [2.05, 4.69) is 61.8 Å². The maximum absolute atomic E-state index is 5.73. The third-order valence-electron chi connectivity index (χ3n) is 6.48. The molecule has 1 N–H and O–H groups in total. The number of aromatic nitrogens is 3. The Balaban J connectivity index is 1.38. The number of benzene rings is 2. The second kappa shape index (κ2) is 8.46. The van der Waals surface area contributed by atoms with Crippen LogP contribution in [0.3, 0.4) is 0 Å². The molecule has 6 rings (SSSR count). The SMILES string of the molecule is COc1cc(Nc2nc(-c3ccc4c(c3)CN=C4)c(C)n3ccnc23)ccc1N1CCOCC1. The van der Waals surface area contributed by atoms with Crippen LogP contribution >= 0.6 is 0 Å². The molecule has 0 saturated carbocycles. The summed E-state index contributed by atoms with van der Waals surface area (Å²) in [6.07, 6.45) is 5.70. The molecule has 2 aromatic carbocycles. The lowest BCUT2D eigenvalue weighted by Crippen LogP contribution is -2.36. The highest BCUT2D eigenvalue weighted by Crippen LogP contribution is 2.34.